The van der Waals surface area contributed by atoms with Crippen molar-refractivity contribution >= 4 is 40.8 Å². The van der Waals surface area contributed by atoms with Crippen LogP contribution in [0.2, 0.25) is 15.1 Å². The predicted molar refractivity (Wildman–Crippen MR) is 90.3 cm³/mol. The summed E-state index contributed by atoms with van der Waals surface area (Å²) in [6.45, 7) is 2.87. The molecule has 1 atom stereocenters. The second-order valence-electron chi connectivity index (χ2n) is 4.98. The van der Waals surface area contributed by atoms with Crippen LogP contribution < -0.4 is 4.74 Å². The Bertz CT molecular complexity index is 824. The van der Waals surface area contributed by atoms with Crippen LogP contribution in [0, 0.1) is 0 Å². The van der Waals surface area contributed by atoms with E-state index >= 15 is 0 Å². The average molecular weight is 432 g/mol. The van der Waals surface area contributed by atoms with Gasteiger partial charge in [-0.15, -0.1) is 0 Å². The zero-order chi connectivity index (χ0) is 19.6. The molecule has 1 aromatic carbocycles. The number of rotatable bonds is 5. The number of ether oxygens (including phenoxy) is 2. The third-order valence-corrected chi connectivity index (χ3v) is 4.46. The van der Waals surface area contributed by atoms with Gasteiger partial charge in [-0.1, -0.05) is 34.8 Å². The van der Waals surface area contributed by atoms with Gasteiger partial charge >= 0.3 is 12.1 Å². The molecule has 11 heteroatoms. The molecule has 0 radical (unpaired) electrons. The van der Waals surface area contributed by atoms with Crippen molar-refractivity contribution in [2.75, 3.05) is 6.61 Å². The van der Waals surface area contributed by atoms with Crippen molar-refractivity contribution in [2.45, 2.75) is 26.1 Å². The van der Waals surface area contributed by atoms with Crippen LogP contribution in [0.15, 0.2) is 18.3 Å². The van der Waals surface area contributed by atoms with E-state index < -0.39 is 29.7 Å². The molecule has 0 aliphatic carbocycles. The molecule has 0 saturated heterocycles. The molecule has 1 unspecified atom stereocenters. The maximum absolute atomic E-state index is 13.3. The van der Waals surface area contributed by atoms with Crippen LogP contribution in [-0.2, 0) is 15.7 Å². The van der Waals surface area contributed by atoms with Crippen molar-refractivity contribution in [3.05, 3.63) is 39.0 Å². The van der Waals surface area contributed by atoms with Gasteiger partial charge in [-0.25, -0.2) is 4.79 Å². The van der Waals surface area contributed by atoms with Gasteiger partial charge in [0, 0.05) is 0 Å². The Hall–Kier alpha value is -1.64. The first-order valence-electron chi connectivity index (χ1n) is 7.20. The molecule has 1 aromatic heterocycles. The quantitative estimate of drug-likeness (QED) is 0.483. The van der Waals surface area contributed by atoms with Crippen LogP contribution in [-0.4, -0.2) is 28.5 Å². The third-order valence-electron chi connectivity index (χ3n) is 3.18. The van der Waals surface area contributed by atoms with Gasteiger partial charge in [-0.2, -0.15) is 23.0 Å². The van der Waals surface area contributed by atoms with Gasteiger partial charge in [0.1, 0.15) is 5.56 Å². The minimum atomic E-state index is -4.77. The van der Waals surface area contributed by atoms with Gasteiger partial charge in [-0.3, -0.25) is 0 Å². The van der Waals surface area contributed by atoms with Crippen LogP contribution in [0.1, 0.15) is 19.4 Å². The number of aromatic nitrogens is 2. The molecule has 0 fully saturated rings. The molecule has 2 aromatic rings. The van der Waals surface area contributed by atoms with Gasteiger partial charge in [0.15, 0.2) is 6.10 Å². The molecular weight excluding hydrogens is 420 g/mol. The highest BCUT2D eigenvalue weighted by molar-refractivity contribution is 6.48. The van der Waals surface area contributed by atoms with Crippen molar-refractivity contribution in [2.24, 2.45) is 0 Å². The van der Waals surface area contributed by atoms with Crippen molar-refractivity contribution in [1.82, 2.24) is 9.78 Å². The molecule has 26 heavy (non-hydrogen) atoms. The number of alkyl halides is 3. The molecule has 142 valence electrons. The second-order valence-corrected chi connectivity index (χ2v) is 6.14. The fourth-order valence-electron chi connectivity index (χ4n) is 1.97. The second kappa shape index (κ2) is 7.94. The molecule has 5 nitrogen and oxygen atoms in total. The van der Waals surface area contributed by atoms with Crippen molar-refractivity contribution in [3.8, 4) is 11.6 Å². The lowest BCUT2D eigenvalue weighted by Gasteiger charge is -2.17. The molecular formula is C15H12Cl3F3N2O3. The fourth-order valence-corrected chi connectivity index (χ4v) is 2.58. The van der Waals surface area contributed by atoms with E-state index in [-0.39, 0.29) is 27.4 Å². The monoisotopic (exact) mass is 430 g/mol. The lowest BCUT2D eigenvalue weighted by molar-refractivity contribution is -0.152. The summed E-state index contributed by atoms with van der Waals surface area (Å²) in [5, 5.41) is 3.62. The van der Waals surface area contributed by atoms with Crippen LogP contribution in [0.5, 0.6) is 5.88 Å². The Morgan fingerprint density at radius 2 is 1.92 bits per heavy atom. The normalized spacial score (nSPS) is 12.8. The van der Waals surface area contributed by atoms with E-state index in [1.54, 1.807) is 6.92 Å². The van der Waals surface area contributed by atoms with E-state index in [2.05, 4.69) is 5.10 Å². The highest BCUT2D eigenvalue weighted by Gasteiger charge is 2.39. The standard InChI is InChI=1S/C15H12Cl3F3N2O3/c1-3-25-14(24)7(2)26-13-8(15(19,20)21)6-22-23(13)10-5-4-9(16)11(17)12(10)18/h4-7H,3H2,1-2H3. The van der Waals surface area contributed by atoms with Crippen LogP contribution in [0.4, 0.5) is 13.2 Å². The fraction of sp³-hybridized carbons (Fsp3) is 0.333. The van der Waals surface area contributed by atoms with E-state index in [4.69, 9.17) is 44.3 Å². The number of benzene rings is 1. The summed E-state index contributed by atoms with van der Waals surface area (Å²) in [4.78, 5) is 11.7. The van der Waals surface area contributed by atoms with Gasteiger partial charge in [0.05, 0.1) is 33.6 Å². The SMILES string of the molecule is CCOC(=O)C(C)Oc1c(C(F)(F)F)cnn1-c1ccc(Cl)c(Cl)c1Cl. The first-order chi connectivity index (χ1) is 12.1. The van der Waals surface area contributed by atoms with Gasteiger partial charge in [-0.05, 0) is 26.0 Å². The molecule has 2 rings (SSSR count). The predicted octanol–water partition coefficient (Wildman–Crippen LogP) is 5.18. The van der Waals surface area contributed by atoms with Gasteiger partial charge in [0.2, 0.25) is 5.88 Å². The summed E-state index contributed by atoms with van der Waals surface area (Å²) in [7, 11) is 0. The summed E-state index contributed by atoms with van der Waals surface area (Å²) in [6.07, 6.45) is -5.52. The number of hydrogen-bond acceptors (Lipinski definition) is 4. The molecule has 1 heterocycles. The smallest absolute Gasteiger partial charge is 0.423 e. The summed E-state index contributed by atoms with van der Waals surface area (Å²) in [5.74, 6) is -1.55. The lowest BCUT2D eigenvalue weighted by atomic mass is 10.3. The number of esters is 1. The zero-order valence-electron chi connectivity index (χ0n) is 13.4. The topological polar surface area (TPSA) is 53.4 Å². The van der Waals surface area contributed by atoms with Gasteiger partial charge in [0.25, 0.3) is 0 Å². The van der Waals surface area contributed by atoms with E-state index in [1.807, 2.05) is 0 Å². The summed E-state index contributed by atoms with van der Waals surface area (Å²) < 4.78 is 50.6. The molecule has 0 spiro atoms. The number of halogens is 6. The van der Waals surface area contributed by atoms with Crippen molar-refractivity contribution in [1.29, 1.82) is 0 Å². The highest BCUT2D eigenvalue weighted by atomic mass is 35.5. The number of carbonyl (C=O) groups is 1. The largest absolute Gasteiger partial charge is 0.463 e. The summed E-state index contributed by atoms with van der Waals surface area (Å²) >= 11 is 17.8. The van der Waals surface area contributed by atoms with Crippen LogP contribution >= 0.6 is 34.8 Å². The van der Waals surface area contributed by atoms with E-state index in [1.165, 1.54) is 19.1 Å². The maximum Gasteiger partial charge on any atom is 0.423 e. The van der Waals surface area contributed by atoms with E-state index in [0.717, 1.165) is 4.68 Å². The van der Waals surface area contributed by atoms with E-state index in [0.29, 0.717) is 6.20 Å². The van der Waals surface area contributed by atoms with Crippen molar-refractivity contribution < 1.29 is 27.4 Å². The Morgan fingerprint density at radius 1 is 1.27 bits per heavy atom. The zero-order valence-corrected chi connectivity index (χ0v) is 15.7. The molecule has 0 saturated carbocycles. The van der Waals surface area contributed by atoms with E-state index in [9.17, 15) is 18.0 Å². The maximum atomic E-state index is 13.3. The van der Waals surface area contributed by atoms with Crippen LogP contribution in [0.3, 0.4) is 0 Å². The average Bonchev–Trinajstić information content (AvgIpc) is 2.96. The molecule has 0 aliphatic heterocycles. The van der Waals surface area contributed by atoms with Gasteiger partial charge < -0.3 is 9.47 Å². The van der Waals surface area contributed by atoms with Crippen LogP contribution in [0.25, 0.3) is 5.69 Å². The Kier molecular flexibility index (Phi) is 6.31. The molecule has 0 bridgehead atoms. The first-order valence-corrected chi connectivity index (χ1v) is 8.33. The molecule has 0 N–H and O–H groups in total. The minimum absolute atomic E-state index is 0.00243. The van der Waals surface area contributed by atoms with Crippen molar-refractivity contribution in [3.63, 3.8) is 0 Å². The number of carbonyl (C=O) groups excluding carboxylic acids is 1. The number of nitrogens with zero attached hydrogens (tertiary/aromatic N) is 2. The highest BCUT2D eigenvalue weighted by Crippen LogP contribution is 2.41. The Morgan fingerprint density at radius 3 is 2.50 bits per heavy atom. The Labute approximate surface area is 161 Å². The number of hydrogen-bond donors (Lipinski definition) is 0. The Balaban J connectivity index is 2.56. The summed E-state index contributed by atoms with van der Waals surface area (Å²) in [5.41, 5.74) is -1.18. The lowest BCUT2D eigenvalue weighted by Crippen LogP contribution is -2.28. The first kappa shape index (κ1) is 20.7. The summed E-state index contributed by atoms with van der Waals surface area (Å²) in [6, 6.07) is 2.67. The molecule has 0 aliphatic rings. The minimum Gasteiger partial charge on any atom is -0.463 e. The molecule has 0 amide bonds. The third kappa shape index (κ3) is 4.19.